The first-order chi connectivity index (χ1) is 5.84. The maximum atomic E-state index is 11.1. The van der Waals surface area contributed by atoms with E-state index in [0.29, 0.717) is 0 Å². The molecule has 0 radical (unpaired) electrons. The van der Waals surface area contributed by atoms with Gasteiger partial charge in [0.25, 0.3) is 0 Å². The molecule has 70 valence electrons. The molecule has 1 N–H and O–H groups in total. The fourth-order valence-corrected chi connectivity index (χ4v) is 1.34. The van der Waals surface area contributed by atoms with E-state index >= 15 is 0 Å². The minimum atomic E-state index is -0.197. The van der Waals surface area contributed by atoms with Gasteiger partial charge in [0.2, 0.25) is 0 Å². The van der Waals surface area contributed by atoms with Gasteiger partial charge in [-0.2, -0.15) is 0 Å². The summed E-state index contributed by atoms with van der Waals surface area (Å²) in [6.07, 6.45) is 1.82. The van der Waals surface area contributed by atoms with Gasteiger partial charge in [0, 0.05) is 13.1 Å². The Kier molecular flexibility index (Phi) is 3.87. The molecule has 0 bridgehead atoms. The summed E-state index contributed by atoms with van der Waals surface area (Å²) in [6, 6.07) is 0. The molecule has 0 atom stereocenters. The lowest BCUT2D eigenvalue weighted by Gasteiger charge is -2.23. The molecule has 1 amide bonds. The molecule has 12 heavy (non-hydrogen) atoms. The van der Waals surface area contributed by atoms with E-state index in [1.165, 1.54) is 7.11 Å². The molecule has 1 aliphatic rings. The van der Waals surface area contributed by atoms with E-state index in [4.69, 9.17) is 0 Å². The van der Waals surface area contributed by atoms with Crippen LogP contribution in [0.15, 0.2) is 0 Å². The van der Waals surface area contributed by atoms with E-state index in [-0.39, 0.29) is 6.09 Å². The Morgan fingerprint density at radius 3 is 2.42 bits per heavy atom. The fraction of sp³-hybridized carbons (Fsp3) is 0.875. The van der Waals surface area contributed by atoms with Crippen molar-refractivity contribution in [2.45, 2.75) is 12.8 Å². The van der Waals surface area contributed by atoms with Gasteiger partial charge in [-0.05, 0) is 25.9 Å². The Hall–Kier alpha value is -0.770. The van der Waals surface area contributed by atoms with E-state index < -0.39 is 0 Å². The second kappa shape index (κ2) is 4.98. The molecule has 0 saturated carbocycles. The molecule has 0 aliphatic carbocycles. The van der Waals surface area contributed by atoms with Crippen LogP contribution in [0.2, 0.25) is 0 Å². The van der Waals surface area contributed by atoms with E-state index in [1.54, 1.807) is 4.90 Å². The molecule has 1 fully saturated rings. The van der Waals surface area contributed by atoms with Crippen LogP contribution in [0.3, 0.4) is 0 Å². The number of hydrogen-bond acceptors (Lipinski definition) is 3. The molecule has 0 spiro atoms. The van der Waals surface area contributed by atoms with Crippen molar-refractivity contribution in [3.63, 3.8) is 0 Å². The molecule has 1 rings (SSSR count). The minimum absolute atomic E-state index is 0.197. The zero-order valence-corrected chi connectivity index (χ0v) is 7.51. The minimum Gasteiger partial charge on any atom is -0.453 e. The van der Waals surface area contributed by atoms with Crippen LogP contribution in [0.5, 0.6) is 0 Å². The smallest absolute Gasteiger partial charge is 0.409 e. The molecule has 1 aliphatic heterocycles. The predicted molar refractivity (Wildman–Crippen MR) is 46.1 cm³/mol. The first kappa shape index (κ1) is 9.32. The van der Waals surface area contributed by atoms with E-state index in [1.807, 2.05) is 0 Å². The van der Waals surface area contributed by atoms with Crippen molar-refractivity contribution in [2.24, 2.45) is 0 Å². The van der Waals surface area contributed by atoms with Gasteiger partial charge in [-0.3, -0.25) is 0 Å². The third-order valence-corrected chi connectivity index (χ3v) is 2.00. The van der Waals surface area contributed by atoms with Crippen LogP contribution < -0.4 is 5.32 Å². The highest BCUT2D eigenvalue weighted by Crippen LogP contribution is 1.99. The van der Waals surface area contributed by atoms with Crippen molar-refractivity contribution in [2.75, 3.05) is 33.3 Å². The lowest BCUT2D eigenvalue weighted by atomic mass is 10.3. The number of ether oxygens (including phenoxy) is 1. The standard InChI is InChI=1S/C8H16N2O2/c1-12-8(11)10-6-2-4-9-5-3-7-10/h9H,2-7H2,1H3. The van der Waals surface area contributed by atoms with Gasteiger partial charge >= 0.3 is 6.09 Å². The lowest BCUT2D eigenvalue weighted by Crippen LogP contribution is -2.37. The van der Waals surface area contributed by atoms with E-state index in [0.717, 1.165) is 39.0 Å². The van der Waals surface area contributed by atoms with Crippen LogP contribution >= 0.6 is 0 Å². The summed E-state index contributed by atoms with van der Waals surface area (Å²) in [5.41, 5.74) is 0. The summed E-state index contributed by atoms with van der Waals surface area (Å²) >= 11 is 0. The van der Waals surface area contributed by atoms with Crippen molar-refractivity contribution in [3.8, 4) is 0 Å². The van der Waals surface area contributed by atoms with Gasteiger partial charge in [0.15, 0.2) is 0 Å². The highest BCUT2D eigenvalue weighted by Gasteiger charge is 2.13. The Balaban J connectivity index is 2.34. The van der Waals surface area contributed by atoms with Crippen LogP contribution in [0.4, 0.5) is 4.79 Å². The molecule has 0 aromatic carbocycles. The Morgan fingerprint density at radius 1 is 1.33 bits per heavy atom. The van der Waals surface area contributed by atoms with E-state index in [2.05, 4.69) is 10.1 Å². The van der Waals surface area contributed by atoms with Gasteiger partial charge in [0.05, 0.1) is 7.11 Å². The largest absolute Gasteiger partial charge is 0.453 e. The van der Waals surface area contributed by atoms with Gasteiger partial charge in [-0.15, -0.1) is 0 Å². The average molecular weight is 172 g/mol. The quantitative estimate of drug-likeness (QED) is 0.576. The number of methoxy groups -OCH3 is 1. The third-order valence-electron chi connectivity index (χ3n) is 2.00. The summed E-state index contributed by atoms with van der Waals surface area (Å²) in [4.78, 5) is 12.9. The molecule has 0 unspecified atom stereocenters. The molecule has 4 nitrogen and oxygen atoms in total. The Bertz CT molecular complexity index is 142. The first-order valence-electron chi connectivity index (χ1n) is 4.38. The molecular weight excluding hydrogens is 156 g/mol. The number of nitrogens with zero attached hydrogens (tertiary/aromatic N) is 1. The van der Waals surface area contributed by atoms with Crippen molar-refractivity contribution in [1.29, 1.82) is 0 Å². The van der Waals surface area contributed by atoms with Gasteiger partial charge in [-0.1, -0.05) is 0 Å². The number of carbonyl (C=O) groups excluding carboxylic acids is 1. The van der Waals surface area contributed by atoms with Crippen molar-refractivity contribution >= 4 is 6.09 Å². The normalized spacial score (nSPS) is 19.6. The van der Waals surface area contributed by atoms with E-state index in [9.17, 15) is 4.79 Å². The lowest BCUT2D eigenvalue weighted by molar-refractivity contribution is 0.120. The number of amides is 1. The predicted octanol–water partition coefficient (Wildman–Crippen LogP) is 0.438. The zero-order valence-electron chi connectivity index (χ0n) is 7.51. The van der Waals surface area contributed by atoms with Crippen LogP contribution in [0.1, 0.15) is 12.8 Å². The number of nitrogens with one attached hydrogen (secondary N) is 1. The summed E-state index contributed by atoms with van der Waals surface area (Å²) in [7, 11) is 1.43. The monoisotopic (exact) mass is 172 g/mol. The Labute approximate surface area is 72.9 Å². The van der Waals surface area contributed by atoms with Crippen LogP contribution in [-0.2, 0) is 4.74 Å². The summed E-state index contributed by atoms with van der Waals surface area (Å²) in [5.74, 6) is 0. The third kappa shape index (κ3) is 2.70. The van der Waals surface area contributed by atoms with Crippen molar-refractivity contribution < 1.29 is 9.53 Å². The SMILES string of the molecule is COC(=O)N1CCCNCCC1. The number of hydrogen-bond donors (Lipinski definition) is 1. The highest BCUT2D eigenvalue weighted by molar-refractivity contribution is 5.67. The van der Waals surface area contributed by atoms with Gasteiger partial charge in [0.1, 0.15) is 0 Å². The maximum Gasteiger partial charge on any atom is 0.409 e. The summed E-state index contributed by atoms with van der Waals surface area (Å²) < 4.78 is 4.65. The second-order valence-electron chi connectivity index (χ2n) is 2.91. The second-order valence-corrected chi connectivity index (χ2v) is 2.91. The van der Waals surface area contributed by atoms with Gasteiger partial charge < -0.3 is 15.0 Å². The molecule has 0 aromatic rings. The molecular formula is C8H16N2O2. The topological polar surface area (TPSA) is 41.6 Å². The maximum absolute atomic E-state index is 11.1. The van der Waals surface area contributed by atoms with Gasteiger partial charge in [-0.25, -0.2) is 4.79 Å². The molecule has 1 saturated heterocycles. The van der Waals surface area contributed by atoms with Crippen molar-refractivity contribution in [1.82, 2.24) is 10.2 Å². The first-order valence-corrected chi connectivity index (χ1v) is 4.38. The number of rotatable bonds is 0. The molecule has 1 heterocycles. The van der Waals surface area contributed by atoms with Crippen molar-refractivity contribution in [3.05, 3.63) is 0 Å². The molecule has 0 aromatic heterocycles. The Morgan fingerprint density at radius 2 is 1.92 bits per heavy atom. The van der Waals surface area contributed by atoms with Crippen LogP contribution in [0, 0.1) is 0 Å². The molecule has 4 heteroatoms. The summed E-state index contributed by atoms with van der Waals surface area (Å²) in [6.45, 7) is 3.60. The van der Waals surface area contributed by atoms with Crippen LogP contribution in [0.25, 0.3) is 0 Å². The number of carbonyl (C=O) groups is 1. The van der Waals surface area contributed by atoms with Crippen LogP contribution in [-0.4, -0.2) is 44.3 Å². The fourth-order valence-electron chi connectivity index (χ4n) is 1.34. The average Bonchev–Trinajstić information content (AvgIpc) is 2.02. The highest BCUT2D eigenvalue weighted by atomic mass is 16.5. The zero-order chi connectivity index (χ0) is 8.81. The summed E-state index contributed by atoms with van der Waals surface area (Å²) in [5, 5.41) is 3.29.